The SMILES string of the molecule is Cc1cc(Cl)nc(C(=O)N[C@H]2CCCN(C(=O)OC(C)(C)C)C2)c1. The maximum Gasteiger partial charge on any atom is 0.410 e. The number of amides is 2. The largest absolute Gasteiger partial charge is 0.444 e. The summed E-state index contributed by atoms with van der Waals surface area (Å²) in [6.07, 6.45) is 1.27. The number of carbonyl (C=O) groups excluding carboxylic acids is 2. The average molecular weight is 354 g/mol. The predicted molar refractivity (Wildman–Crippen MR) is 92.3 cm³/mol. The molecule has 1 aliphatic heterocycles. The summed E-state index contributed by atoms with van der Waals surface area (Å²) >= 11 is 5.90. The third kappa shape index (κ3) is 5.37. The van der Waals surface area contributed by atoms with E-state index in [9.17, 15) is 9.59 Å². The molecule has 0 aliphatic carbocycles. The molecule has 132 valence electrons. The number of nitrogens with zero attached hydrogens (tertiary/aromatic N) is 2. The first-order chi connectivity index (χ1) is 11.1. The van der Waals surface area contributed by atoms with Gasteiger partial charge in [0.05, 0.1) is 0 Å². The van der Waals surface area contributed by atoms with E-state index < -0.39 is 5.60 Å². The summed E-state index contributed by atoms with van der Waals surface area (Å²) in [5.41, 5.74) is 0.628. The highest BCUT2D eigenvalue weighted by molar-refractivity contribution is 6.29. The van der Waals surface area contributed by atoms with Crippen molar-refractivity contribution in [3.63, 3.8) is 0 Å². The van der Waals surface area contributed by atoms with Crippen molar-refractivity contribution >= 4 is 23.6 Å². The fourth-order valence-electron chi connectivity index (χ4n) is 2.59. The zero-order valence-electron chi connectivity index (χ0n) is 14.6. The van der Waals surface area contributed by atoms with Crippen LogP contribution in [0.3, 0.4) is 0 Å². The van der Waals surface area contributed by atoms with Crippen LogP contribution in [0.4, 0.5) is 4.79 Å². The van der Waals surface area contributed by atoms with Crippen LogP contribution in [0.1, 0.15) is 49.7 Å². The lowest BCUT2D eigenvalue weighted by Gasteiger charge is -2.34. The number of rotatable bonds is 2. The van der Waals surface area contributed by atoms with Gasteiger partial charge < -0.3 is 15.0 Å². The summed E-state index contributed by atoms with van der Waals surface area (Å²) in [6, 6.07) is 3.26. The molecule has 0 unspecified atom stereocenters. The van der Waals surface area contributed by atoms with Crippen LogP contribution in [-0.4, -0.2) is 46.6 Å². The molecule has 0 aromatic carbocycles. The van der Waals surface area contributed by atoms with E-state index in [0.717, 1.165) is 18.4 Å². The molecule has 1 N–H and O–H groups in total. The average Bonchev–Trinajstić information content (AvgIpc) is 2.44. The molecule has 0 radical (unpaired) electrons. The highest BCUT2D eigenvalue weighted by Gasteiger charge is 2.28. The van der Waals surface area contributed by atoms with Gasteiger partial charge in [0.15, 0.2) is 0 Å². The zero-order chi connectivity index (χ0) is 17.9. The molecule has 0 saturated carbocycles. The molecule has 1 atom stereocenters. The van der Waals surface area contributed by atoms with E-state index in [1.807, 2.05) is 27.7 Å². The minimum Gasteiger partial charge on any atom is -0.444 e. The van der Waals surface area contributed by atoms with Crippen LogP contribution < -0.4 is 5.32 Å². The summed E-state index contributed by atoms with van der Waals surface area (Å²) in [5.74, 6) is -0.281. The van der Waals surface area contributed by atoms with Crippen molar-refractivity contribution in [3.8, 4) is 0 Å². The Bertz CT molecular complexity index is 608. The summed E-state index contributed by atoms with van der Waals surface area (Å²) in [7, 11) is 0. The van der Waals surface area contributed by atoms with Gasteiger partial charge in [0.25, 0.3) is 5.91 Å². The lowest BCUT2D eigenvalue weighted by molar-refractivity contribution is 0.0185. The Labute approximate surface area is 147 Å². The van der Waals surface area contributed by atoms with Crippen LogP contribution in [0.2, 0.25) is 5.15 Å². The van der Waals surface area contributed by atoms with Crippen LogP contribution in [0.5, 0.6) is 0 Å². The van der Waals surface area contributed by atoms with Gasteiger partial charge in [0.1, 0.15) is 16.4 Å². The number of pyridine rings is 1. The van der Waals surface area contributed by atoms with Crippen molar-refractivity contribution in [1.29, 1.82) is 0 Å². The molecule has 24 heavy (non-hydrogen) atoms. The first-order valence-electron chi connectivity index (χ1n) is 8.07. The summed E-state index contributed by atoms with van der Waals surface area (Å²) in [5, 5.41) is 3.22. The molecule has 1 aromatic heterocycles. The highest BCUT2D eigenvalue weighted by Crippen LogP contribution is 2.16. The molecule has 1 aromatic rings. The number of hydrogen-bond acceptors (Lipinski definition) is 4. The van der Waals surface area contributed by atoms with E-state index >= 15 is 0 Å². The summed E-state index contributed by atoms with van der Waals surface area (Å²) < 4.78 is 5.39. The first kappa shape index (κ1) is 18.5. The molecular formula is C17H24ClN3O3. The maximum atomic E-state index is 12.4. The van der Waals surface area contributed by atoms with Crippen LogP contribution in [-0.2, 0) is 4.74 Å². The van der Waals surface area contributed by atoms with E-state index in [4.69, 9.17) is 16.3 Å². The Morgan fingerprint density at radius 2 is 2.08 bits per heavy atom. The number of halogens is 1. The molecular weight excluding hydrogens is 330 g/mol. The van der Waals surface area contributed by atoms with Crippen molar-refractivity contribution in [2.75, 3.05) is 13.1 Å². The third-order valence-corrected chi connectivity index (χ3v) is 3.77. The van der Waals surface area contributed by atoms with Gasteiger partial charge >= 0.3 is 6.09 Å². The number of nitrogens with one attached hydrogen (secondary N) is 1. The van der Waals surface area contributed by atoms with E-state index in [-0.39, 0.29) is 23.7 Å². The topological polar surface area (TPSA) is 71.5 Å². The molecule has 1 aliphatic rings. The molecule has 2 heterocycles. The normalized spacial score (nSPS) is 18.2. The Kier molecular flexibility index (Phi) is 5.70. The van der Waals surface area contributed by atoms with Crippen LogP contribution in [0.15, 0.2) is 12.1 Å². The summed E-state index contributed by atoms with van der Waals surface area (Å²) in [4.78, 5) is 30.2. The van der Waals surface area contributed by atoms with Gasteiger partial charge in [-0.3, -0.25) is 4.79 Å². The van der Waals surface area contributed by atoms with Gasteiger partial charge in [0, 0.05) is 19.1 Å². The molecule has 2 rings (SSSR count). The smallest absolute Gasteiger partial charge is 0.410 e. The van der Waals surface area contributed by atoms with Crippen LogP contribution in [0, 0.1) is 6.92 Å². The van der Waals surface area contributed by atoms with Crippen molar-refractivity contribution in [1.82, 2.24) is 15.2 Å². The van der Waals surface area contributed by atoms with E-state index in [2.05, 4.69) is 10.3 Å². The number of aryl methyl sites for hydroxylation is 1. The molecule has 2 amide bonds. The Morgan fingerprint density at radius 1 is 1.38 bits per heavy atom. The van der Waals surface area contributed by atoms with Gasteiger partial charge in [-0.25, -0.2) is 9.78 Å². The Hall–Kier alpha value is -1.82. The van der Waals surface area contributed by atoms with Crippen molar-refractivity contribution in [3.05, 3.63) is 28.5 Å². The quantitative estimate of drug-likeness (QED) is 0.829. The van der Waals surface area contributed by atoms with Gasteiger partial charge in [-0.05, 0) is 58.2 Å². The fraction of sp³-hybridized carbons (Fsp3) is 0.588. The number of piperidine rings is 1. The molecule has 1 saturated heterocycles. The second-order valence-corrected chi connectivity index (χ2v) is 7.48. The monoisotopic (exact) mass is 353 g/mol. The van der Waals surface area contributed by atoms with Gasteiger partial charge in [0.2, 0.25) is 0 Å². The number of aromatic nitrogens is 1. The number of hydrogen-bond donors (Lipinski definition) is 1. The van der Waals surface area contributed by atoms with Crippen molar-refractivity contribution < 1.29 is 14.3 Å². The minimum atomic E-state index is -0.532. The lowest BCUT2D eigenvalue weighted by atomic mass is 10.1. The molecule has 7 heteroatoms. The lowest BCUT2D eigenvalue weighted by Crippen LogP contribution is -2.50. The highest BCUT2D eigenvalue weighted by atomic mass is 35.5. The standard InChI is InChI=1S/C17H24ClN3O3/c1-11-8-13(20-14(18)9-11)15(22)19-12-6-5-7-21(10-12)16(23)24-17(2,3)4/h8-9,12H,5-7,10H2,1-4H3,(H,19,22)/t12-/m0/s1. The molecule has 6 nitrogen and oxygen atoms in total. The van der Waals surface area contributed by atoms with Gasteiger partial charge in [-0.2, -0.15) is 0 Å². The van der Waals surface area contributed by atoms with Gasteiger partial charge in [-0.15, -0.1) is 0 Å². The van der Waals surface area contributed by atoms with E-state index in [1.54, 1.807) is 17.0 Å². The first-order valence-corrected chi connectivity index (χ1v) is 8.45. The summed E-state index contributed by atoms with van der Waals surface area (Å²) in [6.45, 7) is 8.43. The maximum absolute atomic E-state index is 12.4. The second-order valence-electron chi connectivity index (χ2n) is 7.09. The minimum absolute atomic E-state index is 0.125. The van der Waals surface area contributed by atoms with Crippen molar-refractivity contribution in [2.24, 2.45) is 0 Å². The Morgan fingerprint density at radius 3 is 2.71 bits per heavy atom. The fourth-order valence-corrected chi connectivity index (χ4v) is 2.85. The van der Waals surface area contributed by atoms with E-state index in [0.29, 0.717) is 18.2 Å². The van der Waals surface area contributed by atoms with Crippen molar-refractivity contribution in [2.45, 2.75) is 52.2 Å². The molecule has 0 spiro atoms. The van der Waals surface area contributed by atoms with E-state index in [1.165, 1.54) is 0 Å². The number of ether oxygens (including phenoxy) is 1. The molecule has 1 fully saturated rings. The molecule has 0 bridgehead atoms. The zero-order valence-corrected chi connectivity index (χ0v) is 15.3. The number of likely N-dealkylation sites (tertiary alicyclic amines) is 1. The predicted octanol–water partition coefficient (Wildman–Crippen LogP) is 3.17. The number of carbonyl (C=O) groups is 2. The van der Waals surface area contributed by atoms with Crippen LogP contribution >= 0.6 is 11.6 Å². The van der Waals surface area contributed by atoms with Crippen LogP contribution in [0.25, 0.3) is 0 Å². The second kappa shape index (κ2) is 7.38. The van der Waals surface area contributed by atoms with Gasteiger partial charge in [-0.1, -0.05) is 11.6 Å². The third-order valence-electron chi connectivity index (χ3n) is 3.58. The Balaban J connectivity index is 1.97.